The van der Waals surface area contributed by atoms with E-state index in [9.17, 15) is 55.9 Å². The smallest absolute Gasteiger partial charge is 0.239 e. The summed E-state index contributed by atoms with van der Waals surface area (Å²) in [5.41, 5.74) is -1.33. The molecule has 10 unspecified atom stereocenters. The molecule has 1 aromatic heterocycles. The van der Waals surface area contributed by atoms with Gasteiger partial charge in [-0.3, -0.25) is 4.79 Å². The van der Waals surface area contributed by atoms with Gasteiger partial charge in [-0.05, 0) is 12.1 Å². The highest BCUT2D eigenvalue weighted by molar-refractivity contribution is 5.88. The Kier molecular flexibility index (Phi) is 9.99. The molecule has 0 bridgehead atoms. The molecule has 0 spiro atoms. The number of aromatic hydroxyl groups is 3. The van der Waals surface area contributed by atoms with Crippen LogP contribution in [0.25, 0.3) is 22.3 Å². The first kappa shape index (κ1) is 34.4. The third-order valence-electron chi connectivity index (χ3n) is 7.84. The van der Waals surface area contributed by atoms with Crippen molar-refractivity contribution in [1.82, 2.24) is 0 Å². The van der Waals surface area contributed by atoms with Gasteiger partial charge in [0.05, 0.1) is 27.4 Å². The molecule has 47 heavy (non-hydrogen) atoms. The van der Waals surface area contributed by atoms with Crippen molar-refractivity contribution in [2.75, 3.05) is 27.4 Å². The van der Waals surface area contributed by atoms with Gasteiger partial charge in [-0.15, -0.1) is 0 Å². The van der Waals surface area contributed by atoms with Gasteiger partial charge < -0.3 is 83.9 Å². The number of phenols is 3. The topological polar surface area (TPSA) is 288 Å². The molecule has 258 valence electrons. The highest BCUT2D eigenvalue weighted by atomic mass is 16.7. The number of ether oxygens (including phenoxy) is 6. The van der Waals surface area contributed by atoms with Gasteiger partial charge in [0, 0.05) is 17.7 Å². The zero-order valence-electron chi connectivity index (χ0n) is 24.7. The first-order chi connectivity index (χ1) is 22.3. The normalized spacial score (nSPS) is 31.1. The van der Waals surface area contributed by atoms with Crippen LogP contribution in [0, 0.1) is 0 Å². The fraction of sp³-hybridized carbons (Fsp3) is 0.483. The van der Waals surface area contributed by atoms with Crippen molar-refractivity contribution in [3.05, 3.63) is 34.5 Å². The maximum Gasteiger partial charge on any atom is 0.239 e. The molecule has 2 aromatic carbocycles. The lowest BCUT2D eigenvalue weighted by molar-refractivity contribution is -0.323. The predicted octanol–water partition coefficient (Wildman–Crippen LogP) is -2.40. The van der Waals surface area contributed by atoms with Crippen LogP contribution < -0.4 is 19.6 Å². The number of phenolic OH excluding ortho intramolecular Hbond substituents is 3. The fourth-order valence-electron chi connectivity index (χ4n) is 5.25. The van der Waals surface area contributed by atoms with Crippen LogP contribution in [0.5, 0.6) is 34.5 Å². The summed E-state index contributed by atoms with van der Waals surface area (Å²) in [6.07, 6.45) is -17.5. The van der Waals surface area contributed by atoms with Crippen LogP contribution in [0.3, 0.4) is 0 Å². The van der Waals surface area contributed by atoms with E-state index in [1.807, 2.05) is 0 Å². The molecule has 2 aliphatic heterocycles. The molecule has 2 saturated heterocycles. The summed E-state index contributed by atoms with van der Waals surface area (Å²) in [5.74, 6) is -2.88. The van der Waals surface area contributed by atoms with Gasteiger partial charge >= 0.3 is 0 Å². The van der Waals surface area contributed by atoms with Gasteiger partial charge in [0.25, 0.3) is 0 Å². The Labute approximate surface area is 264 Å². The molecule has 5 rings (SSSR count). The van der Waals surface area contributed by atoms with E-state index in [1.165, 1.54) is 26.4 Å². The minimum atomic E-state index is -2.01. The molecular formula is C29H34O18. The van der Waals surface area contributed by atoms with Crippen LogP contribution in [0.15, 0.2) is 33.5 Å². The van der Waals surface area contributed by atoms with Gasteiger partial charge in [0.1, 0.15) is 71.3 Å². The molecule has 3 aromatic rings. The second-order valence-corrected chi connectivity index (χ2v) is 10.8. The summed E-state index contributed by atoms with van der Waals surface area (Å²) in [5, 5.41) is 102. The number of methoxy groups -OCH3 is 2. The Bertz CT molecular complexity index is 1610. The number of aliphatic hydroxyl groups is 7. The monoisotopic (exact) mass is 670 g/mol. The number of aliphatic hydroxyl groups excluding tert-OH is 7. The Hall–Kier alpha value is -3.95. The highest BCUT2D eigenvalue weighted by Gasteiger charge is 2.48. The van der Waals surface area contributed by atoms with E-state index in [2.05, 4.69) is 0 Å². The maximum absolute atomic E-state index is 13.8. The molecule has 0 amide bonds. The summed E-state index contributed by atoms with van der Waals surface area (Å²) in [6, 6.07) is 4.39. The number of rotatable bonds is 9. The van der Waals surface area contributed by atoms with Crippen molar-refractivity contribution < 1.29 is 83.9 Å². The van der Waals surface area contributed by atoms with E-state index in [1.54, 1.807) is 0 Å². The van der Waals surface area contributed by atoms with Crippen LogP contribution >= 0.6 is 0 Å². The van der Waals surface area contributed by atoms with Crippen molar-refractivity contribution >= 4 is 11.0 Å². The van der Waals surface area contributed by atoms with Crippen LogP contribution in [0.2, 0.25) is 0 Å². The van der Waals surface area contributed by atoms with Crippen LogP contribution in [0.1, 0.15) is 0 Å². The van der Waals surface area contributed by atoms with Crippen molar-refractivity contribution in [3.63, 3.8) is 0 Å². The lowest BCUT2D eigenvalue weighted by atomic mass is 9.98. The average molecular weight is 671 g/mol. The molecule has 10 atom stereocenters. The minimum absolute atomic E-state index is 0.00159. The lowest BCUT2D eigenvalue weighted by Gasteiger charge is -2.42. The molecular weight excluding hydrogens is 636 g/mol. The summed E-state index contributed by atoms with van der Waals surface area (Å²) in [7, 11) is 2.49. The van der Waals surface area contributed by atoms with Gasteiger partial charge in [0.2, 0.25) is 23.2 Å². The standard InChI is InChI=1S/C29H34O18/c1-41-13-3-9(4-14(42-2)18(13)33)26-27(21(36)17-11(32)5-10(31)6-12(17)44-26)47-29-25(40)23(38)20(35)16(46-29)8-43-28-24(39)22(37)19(34)15(7-30)45-28/h3-6,15-16,19-20,22-25,28-35,37-40H,7-8H2,1-2H3. The van der Waals surface area contributed by atoms with Crippen molar-refractivity contribution in [2.45, 2.75) is 61.4 Å². The van der Waals surface area contributed by atoms with Crippen molar-refractivity contribution in [1.29, 1.82) is 0 Å². The second-order valence-electron chi connectivity index (χ2n) is 10.8. The lowest BCUT2D eigenvalue weighted by Crippen LogP contribution is -2.62. The maximum atomic E-state index is 13.8. The van der Waals surface area contributed by atoms with E-state index in [-0.39, 0.29) is 22.6 Å². The molecule has 18 nitrogen and oxygen atoms in total. The molecule has 18 heteroatoms. The van der Waals surface area contributed by atoms with Crippen molar-refractivity contribution in [2.24, 2.45) is 0 Å². The summed E-state index contributed by atoms with van der Waals surface area (Å²) in [6.45, 7) is -1.42. The highest BCUT2D eigenvalue weighted by Crippen LogP contribution is 2.44. The fourth-order valence-corrected chi connectivity index (χ4v) is 5.25. The molecule has 0 radical (unpaired) electrons. The molecule has 3 heterocycles. The molecule has 0 saturated carbocycles. The SMILES string of the molecule is COc1cc(-c2oc3cc(O)cc(O)c3c(=O)c2OC2OC(COC3OC(CO)C(O)C(O)C3O)C(O)C(O)C2O)cc(OC)c1O. The third kappa shape index (κ3) is 6.35. The van der Waals surface area contributed by atoms with Crippen LogP contribution in [-0.2, 0) is 14.2 Å². The zero-order valence-corrected chi connectivity index (χ0v) is 24.7. The molecule has 0 aliphatic carbocycles. The van der Waals surface area contributed by atoms with E-state index in [4.69, 9.17) is 32.8 Å². The predicted molar refractivity (Wildman–Crippen MR) is 153 cm³/mol. The largest absolute Gasteiger partial charge is 0.508 e. The number of hydrogen-bond donors (Lipinski definition) is 10. The molecule has 2 aliphatic rings. The summed E-state index contributed by atoms with van der Waals surface area (Å²) >= 11 is 0. The van der Waals surface area contributed by atoms with E-state index < -0.39 is 114 Å². The van der Waals surface area contributed by atoms with Crippen LogP contribution in [0.4, 0.5) is 0 Å². The summed E-state index contributed by atoms with van der Waals surface area (Å²) in [4.78, 5) is 13.8. The Morgan fingerprint density at radius 2 is 1.32 bits per heavy atom. The van der Waals surface area contributed by atoms with Crippen molar-refractivity contribution in [3.8, 4) is 45.8 Å². The molecule has 2 fully saturated rings. The average Bonchev–Trinajstić information content (AvgIpc) is 3.04. The second kappa shape index (κ2) is 13.6. The van der Waals surface area contributed by atoms with Crippen LogP contribution in [-0.4, -0.2) is 140 Å². The first-order valence-electron chi connectivity index (χ1n) is 14.1. The van der Waals surface area contributed by atoms with Gasteiger partial charge in [-0.25, -0.2) is 0 Å². The Morgan fingerprint density at radius 3 is 1.91 bits per heavy atom. The molecule has 10 N–H and O–H groups in total. The number of fused-ring (bicyclic) bond motifs is 1. The van der Waals surface area contributed by atoms with Gasteiger partial charge in [-0.2, -0.15) is 0 Å². The first-order valence-corrected chi connectivity index (χ1v) is 14.1. The van der Waals surface area contributed by atoms with E-state index in [0.717, 1.165) is 12.1 Å². The number of benzene rings is 2. The quantitative estimate of drug-likeness (QED) is 0.113. The zero-order chi connectivity index (χ0) is 34.3. The van der Waals surface area contributed by atoms with Gasteiger partial charge in [-0.1, -0.05) is 0 Å². The van der Waals surface area contributed by atoms with E-state index in [0.29, 0.717) is 0 Å². The van der Waals surface area contributed by atoms with E-state index >= 15 is 0 Å². The van der Waals surface area contributed by atoms with Gasteiger partial charge in [0.15, 0.2) is 23.5 Å². The minimum Gasteiger partial charge on any atom is -0.508 e. The number of hydrogen-bond acceptors (Lipinski definition) is 18. The summed E-state index contributed by atoms with van der Waals surface area (Å²) < 4.78 is 38.3. The third-order valence-corrected chi connectivity index (χ3v) is 7.84. The Morgan fingerprint density at radius 1 is 0.745 bits per heavy atom. The Balaban J connectivity index is 1.52.